The maximum absolute atomic E-state index is 13.0. The molecule has 29 heavy (non-hydrogen) atoms. The summed E-state index contributed by atoms with van der Waals surface area (Å²) in [5.74, 6) is 0.499. The number of amides is 1. The Kier molecular flexibility index (Phi) is 5.41. The molecule has 154 valence electrons. The summed E-state index contributed by atoms with van der Waals surface area (Å²) < 4.78 is 38.9. The predicted octanol–water partition coefficient (Wildman–Crippen LogP) is 2.07. The third kappa shape index (κ3) is 3.92. The molecule has 8 nitrogen and oxygen atoms in total. The minimum atomic E-state index is -3.72. The van der Waals surface area contributed by atoms with Crippen molar-refractivity contribution in [2.75, 3.05) is 39.4 Å². The lowest BCUT2D eigenvalue weighted by atomic mass is 10.1. The molecule has 1 fully saturated rings. The van der Waals surface area contributed by atoms with E-state index in [0.29, 0.717) is 29.2 Å². The molecular weight excluding hydrogens is 464 g/mol. The smallest absolute Gasteiger partial charge is 0.257 e. The van der Waals surface area contributed by atoms with Gasteiger partial charge in [0.1, 0.15) is 19.0 Å². The number of benzene rings is 2. The molecule has 1 saturated heterocycles. The van der Waals surface area contributed by atoms with Crippen LogP contribution in [0.3, 0.4) is 0 Å². The third-order valence-electron chi connectivity index (χ3n) is 4.87. The highest BCUT2D eigenvalue weighted by molar-refractivity contribution is 9.10. The first-order chi connectivity index (χ1) is 13.9. The van der Waals surface area contributed by atoms with Crippen molar-refractivity contribution in [1.29, 1.82) is 0 Å². The van der Waals surface area contributed by atoms with Crippen molar-refractivity contribution in [3.63, 3.8) is 0 Å². The van der Waals surface area contributed by atoms with Gasteiger partial charge in [-0.15, -0.1) is 0 Å². The van der Waals surface area contributed by atoms with E-state index in [9.17, 15) is 18.3 Å². The second-order valence-corrected chi connectivity index (χ2v) is 9.52. The molecule has 0 bridgehead atoms. The van der Waals surface area contributed by atoms with Crippen LogP contribution in [-0.4, -0.2) is 68.0 Å². The molecule has 2 aromatic carbocycles. The molecule has 0 aromatic heterocycles. The van der Waals surface area contributed by atoms with Crippen LogP contribution in [0.1, 0.15) is 10.4 Å². The van der Waals surface area contributed by atoms with Gasteiger partial charge in [0, 0.05) is 36.7 Å². The van der Waals surface area contributed by atoms with Crippen molar-refractivity contribution >= 4 is 31.9 Å². The third-order valence-corrected chi connectivity index (χ3v) is 7.26. The zero-order chi connectivity index (χ0) is 20.6. The van der Waals surface area contributed by atoms with Gasteiger partial charge in [0.2, 0.25) is 10.0 Å². The van der Waals surface area contributed by atoms with Gasteiger partial charge in [-0.2, -0.15) is 4.31 Å². The Morgan fingerprint density at radius 3 is 2.34 bits per heavy atom. The standard InChI is InChI=1S/C19H19BrN2O6S/c20-13-1-3-15(16(23)11-13)19(24)21-5-7-22(8-6-21)29(25,26)14-2-4-17-18(12-14)28-10-9-27-17/h1-4,11-12,23H,5-10H2. The number of phenols is 1. The Bertz CT molecular complexity index is 1050. The number of rotatable bonds is 3. The largest absolute Gasteiger partial charge is 0.507 e. The van der Waals surface area contributed by atoms with Crippen molar-refractivity contribution in [2.24, 2.45) is 0 Å². The van der Waals surface area contributed by atoms with Crippen molar-refractivity contribution in [3.05, 3.63) is 46.4 Å². The average molecular weight is 483 g/mol. The van der Waals surface area contributed by atoms with E-state index < -0.39 is 10.0 Å². The number of fused-ring (bicyclic) bond motifs is 1. The molecule has 10 heteroatoms. The minimum absolute atomic E-state index is 0.115. The number of nitrogens with zero attached hydrogens (tertiary/aromatic N) is 2. The Labute approximate surface area is 176 Å². The van der Waals surface area contributed by atoms with Crippen LogP contribution in [0.2, 0.25) is 0 Å². The highest BCUT2D eigenvalue weighted by Gasteiger charge is 2.32. The van der Waals surface area contributed by atoms with Crippen molar-refractivity contribution in [1.82, 2.24) is 9.21 Å². The molecule has 2 aliphatic rings. The van der Waals surface area contributed by atoms with E-state index in [1.54, 1.807) is 23.1 Å². The van der Waals surface area contributed by atoms with E-state index in [-0.39, 0.29) is 48.3 Å². The summed E-state index contributed by atoms with van der Waals surface area (Å²) in [6, 6.07) is 9.24. The molecule has 2 heterocycles. The lowest BCUT2D eigenvalue weighted by molar-refractivity contribution is 0.0695. The summed E-state index contributed by atoms with van der Waals surface area (Å²) >= 11 is 3.24. The van der Waals surface area contributed by atoms with Gasteiger partial charge in [-0.05, 0) is 30.3 Å². The first-order valence-electron chi connectivity index (χ1n) is 9.04. The number of carbonyl (C=O) groups is 1. The number of hydrogen-bond acceptors (Lipinski definition) is 6. The van der Waals surface area contributed by atoms with Crippen molar-refractivity contribution < 1.29 is 27.8 Å². The SMILES string of the molecule is O=C(c1ccc(Br)cc1O)N1CCN(S(=O)(=O)c2ccc3c(c2)OCCO3)CC1. The second kappa shape index (κ2) is 7.85. The summed E-state index contributed by atoms with van der Waals surface area (Å²) in [4.78, 5) is 14.3. The lowest BCUT2D eigenvalue weighted by Crippen LogP contribution is -2.50. The molecule has 1 N–H and O–H groups in total. The number of hydrogen-bond donors (Lipinski definition) is 1. The molecule has 2 aromatic rings. The highest BCUT2D eigenvalue weighted by Crippen LogP contribution is 2.33. The van der Waals surface area contributed by atoms with Gasteiger partial charge < -0.3 is 19.5 Å². The summed E-state index contributed by atoms with van der Waals surface area (Å²) in [7, 11) is -3.72. The fourth-order valence-corrected chi connectivity index (χ4v) is 5.11. The molecule has 2 aliphatic heterocycles. The highest BCUT2D eigenvalue weighted by atomic mass is 79.9. The average Bonchev–Trinajstić information content (AvgIpc) is 2.73. The van der Waals surface area contributed by atoms with Crippen LogP contribution in [-0.2, 0) is 10.0 Å². The van der Waals surface area contributed by atoms with Gasteiger partial charge in [0.05, 0.1) is 10.5 Å². The van der Waals surface area contributed by atoms with Gasteiger partial charge in [-0.3, -0.25) is 4.79 Å². The van der Waals surface area contributed by atoms with E-state index in [0.717, 1.165) is 0 Å². The topological polar surface area (TPSA) is 96.4 Å². The van der Waals surface area contributed by atoms with E-state index in [4.69, 9.17) is 9.47 Å². The molecule has 0 saturated carbocycles. The zero-order valence-electron chi connectivity index (χ0n) is 15.4. The summed E-state index contributed by atoms with van der Waals surface area (Å²) in [6.07, 6.45) is 0. The fraction of sp³-hybridized carbons (Fsp3) is 0.316. The van der Waals surface area contributed by atoms with Crippen LogP contribution >= 0.6 is 15.9 Å². The van der Waals surface area contributed by atoms with E-state index in [1.807, 2.05) is 0 Å². The summed E-state index contributed by atoms with van der Waals surface area (Å²) in [6.45, 7) is 1.61. The number of aromatic hydroxyl groups is 1. The predicted molar refractivity (Wildman–Crippen MR) is 108 cm³/mol. The van der Waals surface area contributed by atoms with Crippen LogP contribution in [0.4, 0.5) is 0 Å². The van der Waals surface area contributed by atoms with E-state index in [2.05, 4.69) is 15.9 Å². The van der Waals surface area contributed by atoms with Crippen LogP contribution in [0.25, 0.3) is 0 Å². The maximum Gasteiger partial charge on any atom is 0.257 e. The molecule has 4 rings (SSSR count). The molecular formula is C19H19BrN2O6S. The van der Waals surface area contributed by atoms with Crippen LogP contribution in [0.15, 0.2) is 45.8 Å². The Morgan fingerprint density at radius 2 is 1.66 bits per heavy atom. The lowest BCUT2D eigenvalue weighted by Gasteiger charge is -2.34. The summed E-state index contributed by atoms with van der Waals surface area (Å²) in [5.41, 5.74) is 0.191. The van der Waals surface area contributed by atoms with Gasteiger partial charge in [0.15, 0.2) is 11.5 Å². The van der Waals surface area contributed by atoms with Gasteiger partial charge in [-0.1, -0.05) is 15.9 Å². The number of piperazine rings is 1. The fourth-order valence-electron chi connectivity index (χ4n) is 3.32. The minimum Gasteiger partial charge on any atom is -0.507 e. The van der Waals surface area contributed by atoms with Crippen LogP contribution < -0.4 is 9.47 Å². The van der Waals surface area contributed by atoms with Gasteiger partial charge in [0.25, 0.3) is 5.91 Å². The van der Waals surface area contributed by atoms with Crippen molar-refractivity contribution in [3.8, 4) is 17.2 Å². The Balaban J connectivity index is 1.47. The zero-order valence-corrected chi connectivity index (χ0v) is 17.8. The van der Waals surface area contributed by atoms with Crippen molar-refractivity contribution in [2.45, 2.75) is 4.90 Å². The van der Waals surface area contributed by atoms with Crippen LogP contribution in [0.5, 0.6) is 17.2 Å². The first kappa shape index (κ1) is 20.0. The van der Waals surface area contributed by atoms with E-state index in [1.165, 1.54) is 22.5 Å². The quantitative estimate of drug-likeness (QED) is 0.719. The van der Waals surface area contributed by atoms with Gasteiger partial charge >= 0.3 is 0 Å². The number of phenolic OH excluding ortho intramolecular Hbond substituents is 1. The first-order valence-corrected chi connectivity index (χ1v) is 11.3. The number of halogens is 1. The molecule has 0 aliphatic carbocycles. The van der Waals surface area contributed by atoms with Gasteiger partial charge in [-0.25, -0.2) is 8.42 Å². The monoisotopic (exact) mass is 482 g/mol. The number of ether oxygens (including phenoxy) is 2. The van der Waals surface area contributed by atoms with Crippen LogP contribution in [0, 0.1) is 0 Å². The molecule has 1 amide bonds. The number of sulfonamides is 1. The maximum atomic E-state index is 13.0. The van der Waals surface area contributed by atoms with E-state index >= 15 is 0 Å². The summed E-state index contributed by atoms with van der Waals surface area (Å²) in [5, 5.41) is 10.0. The molecule has 0 radical (unpaired) electrons. The number of carbonyl (C=O) groups excluding carboxylic acids is 1. The molecule has 0 unspecified atom stereocenters. The Hall–Kier alpha value is -2.30. The Morgan fingerprint density at radius 1 is 0.966 bits per heavy atom. The normalized spacial score (nSPS) is 17.2. The molecule has 0 spiro atoms. The second-order valence-electron chi connectivity index (χ2n) is 6.66. The molecule has 0 atom stereocenters.